The fraction of sp³-hybridized carbons (Fsp3) is 0.220. The molecule has 84 heavy (non-hydrogen) atoms. The van der Waals surface area contributed by atoms with Gasteiger partial charge in [-0.1, -0.05) is 170 Å². The summed E-state index contributed by atoms with van der Waals surface area (Å²) in [6.07, 6.45) is 2.22. The molecule has 2 nitrogen and oxygen atoms in total. The maximum atomic E-state index is 2.58. The summed E-state index contributed by atoms with van der Waals surface area (Å²) in [5.41, 5.74) is 24.0. The molecule has 2 atom stereocenters. The van der Waals surface area contributed by atoms with Crippen molar-refractivity contribution >= 4 is 119 Å². The Kier molecular flexibility index (Phi) is 11.3. The van der Waals surface area contributed by atoms with Crippen LogP contribution in [0.3, 0.4) is 0 Å². The lowest BCUT2D eigenvalue weighted by atomic mass is 9.87. The van der Waals surface area contributed by atoms with E-state index in [2.05, 4.69) is 267 Å². The highest BCUT2D eigenvalue weighted by molar-refractivity contribution is 6.28. The third-order valence-electron chi connectivity index (χ3n) is 20.1. The minimum atomic E-state index is 0.411. The number of fused-ring (bicyclic) bond motifs is 16. The van der Waals surface area contributed by atoms with Gasteiger partial charge >= 0.3 is 0 Å². The largest absolute Gasteiger partial charge is 0.308 e. The first-order valence-electron chi connectivity index (χ1n) is 31.1. The van der Waals surface area contributed by atoms with Gasteiger partial charge in [0.2, 0.25) is 0 Å². The first kappa shape index (κ1) is 51.0. The van der Waals surface area contributed by atoms with E-state index in [-0.39, 0.29) is 0 Å². The average molecular weight is 1090 g/mol. The molecule has 0 fully saturated rings. The zero-order valence-electron chi connectivity index (χ0n) is 50.5. The molecule has 0 aliphatic rings. The van der Waals surface area contributed by atoms with Gasteiger partial charge in [0.1, 0.15) is 0 Å². The maximum absolute atomic E-state index is 2.58. The molecule has 0 radical (unpaired) electrons. The zero-order valence-corrected chi connectivity index (χ0v) is 50.5. The van der Waals surface area contributed by atoms with Gasteiger partial charge in [0.15, 0.2) is 0 Å². The van der Waals surface area contributed by atoms with Crippen LogP contribution in [-0.2, 0) is 0 Å². The molecule has 2 heteroatoms. The number of aromatic nitrogens is 2. The molecule has 4 aromatic heterocycles. The van der Waals surface area contributed by atoms with E-state index in [4.69, 9.17) is 0 Å². The summed E-state index contributed by atoms with van der Waals surface area (Å²) in [4.78, 5) is 0. The van der Waals surface area contributed by atoms with E-state index < -0.39 is 0 Å². The minimum absolute atomic E-state index is 0.411. The molecular weight excluding hydrogens is 1010 g/mol. The van der Waals surface area contributed by atoms with E-state index in [9.17, 15) is 0 Å². The Balaban J connectivity index is 0.752. The highest BCUT2D eigenvalue weighted by Crippen LogP contribution is 2.47. The highest BCUT2D eigenvalue weighted by Gasteiger charge is 2.24. The van der Waals surface area contributed by atoms with Crippen LogP contribution in [0.25, 0.3) is 142 Å². The van der Waals surface area contributed by atoms with E-state index in [0.29, 0.717) is 29.6 Å². The first-order valence-corrected chi connectivity index (χ1v) is 31.1. The van der Waals surface area contributed by atoms with Crippen LogP contribution in [0.15, 0.2) is 182 Å². The topological polar surface area (TPSA) is 8.82 Å². The Morgan fingerprint density at radius 2 is 0.631 bits per heavy atom. The van der Waals surface area contributed by atoms with E-state index in [1.165, 1.54) is 186 Å². The molecule has 0 spiro atoms. The summed E-state index contributed by atoms with van der Waals surface area (Å²) in [7, 11) is 0. The van der Waals surface area contributed by atoms with Gasteiger partial charge in [0, 0.05) is 43.1 Å². The number of rotatable bonds is 10. The van der Waals surface area contributed by atoms with Gasteiger partial charge < -0.3 is 8.80 Å². The average Bonchev–Trinajstić information content (AvgIpc) is 2.65. The molecular formula is C82H72N2. The Labute approximate surface area is 492 Å². The summed E-state index contributed by atoms with van der Waals surface area (Å²) < 4.78 is 5.15. The van der Waals surface area contributed by atoms with Crippen molar-refractivity contribution in [2.45, 2.75) is 119 Å². The SMILES string of the molecule is Cc1cccc(-c2cc3c4cc5cc(C(C)C)ccc5cc4n4c5cc6ccc(C(C)CCC(C)c7ccc8cc9c(cc8c7)c7cc(-c8cc(C)c(C(C)C)c(C)c8)cc8c%10cc%11cc(C(C)C)ccc%11cc%10n9c87)cc6cc5c(c2)c34)c1. The smallest absolute Gasteiger partial charge is 0.0620 e. The van der Waals surface area contributed by atoms with Crippen LogP contribution in [0.5, 0.6) is 0 Å². The van der Waals surface area contributed by atoms with Crippen LogP contribution in [0.2, 0.25) is 0 Å². The maximum Gasteiger partial charge on any atom is 0.0620 e. The molecule has 0 N–H and O–H groups in total. The fourth-order valence-corrected chi connectivity index (χ4v) is 15.5. The van der Waals surface area contributed by atoms with Crippen LogP contribution >= 0.6 is 0 Å². The molecule has 0 saturated carbocycles. The number of hydrogen-bond donors (Lipinski definition) is 0. The van der Waals surface area contributed by atoms with Gasteiger partial charge in [-0.3, -0.25) is 0 Å². The fourth-order valence-electron chi connectivity index (χ4n) is 15.5. The van der Waals surface area contributed by atoms with Gasteiger partial charge in [-0.25, -0.2) is 0 Å². The van der Waals surface area contributed by atoms with Crippen LogP contribution in [-0.4, -0.2) is 8.80 Å². The lowest BCUT2D eigenvalue weighted by Gasteiger charge is -2.18. The second-order valence-electron chi connectivity index (χ2n) is 26.7. The summed E-state index contributed by atoms with van der Waals surface area (Å²) in [6, 6.07) is 72.2. The van der Waals surface area contributed by atoms with Gasteiger partial charge in [-0.15, -0.1) is 0 Å². The van der Waals surface area contributed by atoms with Crippen LogP contribution in [0, 0.1) is 20.8 Å². The van der Waals surface area contributed by atoms with Crippen molar-refractivity contribution in [2.75, 3.05) is 0 Å². The van der Waals surface area contributed by atoms with E-state index in [1.54, 1.807) is 0 Å². The van der Waals surface area contributed by atoms with Gasteiger partial charge in [0.05, 0.1) is 33.1 Å². The van der Waals surface area contributed by atoms with E-state index >= 15 is 0 Å². The summed E-state index contributed by atoms with van der Waals surface area (Å²) in [6.45, 7) is 25.5. The van der Waals surface area contributed by atoms with Crippen molar-refractivity contribution in [3.63, 3.8) is 0 Å². The van der Waals surface area contributed by atoms with Gasteiger partial charge in [0.25, 0.3) is 0 Å². The number of benzene rings is 12. The van der Waals surface area contributed by atoms with E-state index in [1.807, 2.05) is 0 Å². The standard InChI is InChI=1S/C82H72N2/c1-44(2)52-17-21-57-40-76-68(32-62(57)28-52)72-36-66(56-14-12-13-47(7)25-56)37-73-70-34-64-30-54(19-23-59(64)42-78(70)83(76)81(72)73)48(8)15-16-49(9)55-20-24-60-43-79-71(35-65(60)31-55)75-39-67(61-26-50(10)80(46(5)6)51(11)27-61)38-74-69-33-63-29-53(45(3)4)18-22-58(63)41-77(69)84(79)82(74)75/h12-14,17-46,48-49H,15-16H2,1-11H3. The minimum Gasteiger partial charge on any atom is -0.308 e. The summed E-state index contributed by atoms with van der Waals surface area (Å²) >= 11 is 0. The van der Waals surface area contributed by atoms with Crippen LogP contribution < -0.4 is 0 Å². The quantitative estimate of drug-likeness (QED) is 0.129. The van der Waals surface area contributed by atoms with Crippen molar-refractivity contribution < 1.29 is 0 Å². The lowest BCUT2D eigenvalue weighted by Crippen LogP contribution is -1.99. The predicted molar refractivity (Wildman–Crippen MR) is 366 cm³/mol. The molecule has 16 aromatic rings. The molecule has 16 rings (SSSR count). The second kappa shape index (κ2) is 18.6. The molecule has 4 heterocycles. The molecule has 0 aliphatic carbocycles. The Morgan fingerprint density at radius 1 is 0.286 bits per heavy atom. The predicted octanol–water partition coefficient (Wildman–Crippen LogP) is 23.9. The molecule has 0 amide bonds. The Morgan fingerprint density at radius 3 is 0.988 bits per heavy atom. The van der Waals surface area contributed by atoms with Crippen molar-refractivity contribution in [3.8, 4) is 22.3 Å². The zero-order chi connectivity index (χ0) is 57.3. The van der Waals surface area contributed by atoms with Crippen LogP contribution in [0.4, 0.5) is 0 Å². The monoisotopic (exact) mass is 1080 g/mol. The van der Waals surface area contributed by atoms with Gasteiger partial charge in [-0.2, -0.15) is 0 Å². The molecule has 12 aromatic carbocycles. The first-order chi connectivity index (χ1) is 40.6. The molecule has 0 saturated heterocycles. The molecule has 410 valence electrons. The molecule has 0 aliphatic heterocycles. The Bertz CT molecular complexity index is 5400. The van der Waals surface area contributed by atoms with Crippen molar-refractivity contribution in [3.05, 3.63) is 226 Å². The molecule has 0 bridgehead atoms. The third-order valence-corrected chi connectivity index (χ3v) is 20.1. The normalized spacial score (nSPS) is 13.5. The lowest BCUT2D eigenvalue weighted by molar-refractivity contribution is 0.574. The number of nitrogens with zero attached hydrogens (tertiary/aromatic N) is 2. The number of hydrogen-bond acceptors (Lipinski definition) is 0. The second-order valence-corrected chi connectivity index (χ2v) is 26.7. The van der Waals surface area contributed by atoms with Crippen molar-refractivity contribution in [1.82, 2.24) is 8.80 Å². The van der Waals surface area contributed by atoms with Crippen molar-refractivity contribution in [1.29, 1.82) is 0 Å². The van der Waals surface area contributed by atoms with Gasteiger partial charge in [-0.05, 0) is 240 Å². The van der Waals surface area contributed by atoms with Crippen molar-refractivity contribution in [2.24, 2.45) is 0 Å². The summed E-state index contributed by atoms with van der Waals surface area (Å²) in [5, 5.41) is 21.0. The third kappa shape index (κ3) is 7.75. The van der Waals surface area contributed by atoms with E-state index in [0.717, 1.165) is 12.8 Å². The number of aryl methyl sites for hydroxylation is 3. The Hall–Kier alpha value is -8.72. The van der Waals surface area contributed by atoms with Crippen LogP contribution in [0.1, 0.15) is 142 Å². The summed E-state index contributed by atoms with van der Waals surface area (Å²) in [5.74, 6) is 2.26. The molecule has 2 unspecified atom stereocenters. The highest BCUT2D eigenvalue weighted by atomic mass is 14.9.